The van der Waals surface area contributed by atoms with Crippen LogP contribution in [0.25, 0.3) is 0 Å². The average molecular weight is 600 g/mol. The Morgan fingerprint density at radius 3 is 2.35 bits per heavy atom. The predicted octanol–water partition coefficient (Wildman–Crippen LogP) is 7.50. The number of ketones is 1. The highest BCUT2D eigenvalue weighted by Crippen LogP contribution is 2.65. The molecule has 5 nitrogen and oxygen atoms in total. The fourth-order valence-corrected chi connectivity index (χ4v) is 5.75. The summed E-state index contributed by atoms with van der Waals surface area (Å²) in [5.74, 6) is -2.71. The van der Waals surface area contributed by atoms with E-state index in [0.29, 0.717) is 21.3 Å². The van der Waals surface area contributed by atoms with E-state index in [0.717, 1.165) is 11.0 Å². The second-order valence-corrected chi connectivity index (χ2v) is 11.2. The maximum Gasteiger partial charge on any atom is 0.259 e. The Kier molecular flexibility index (Phi) is 7.94. The molecule has 2 atom stereocenters. The number of alkyl halides is 2. The summed E-state index contributed by atoms with van der Waals surface area (Å²) in [6, 6.07) is 15.1. The van der Waals surface area contributed by atoms with Gasteiger partial charge in [-0.05, 0) is 60.2 Å². The Morgan fingerprint density at radius 1 is 1.05 bits per heavy atom. The number of anilines is 2. The summed E-state index contributed by atoms with van der Waals surface area (Å²) in [6.45, 7) is -0.119. The Bertz CT molecular complexity index is 1440. The van der Waals surface area contributed by atoms with E-state index < -0.39 is 27.9 Å². The quantitative estimate of drug-likeness (QED) is 0.286. The lowest BCUT2D eigenvalue weighted by Crippen LogP contribution is -2.27. The largest absolute Gasteiger partial charge is 0.378 e. The minimum atomic E-state index is -1.30. The third-order valence-electron chi connectivity index (χ3n) is 6.05. The average Bonchev–Trinajstić information content (AvgIpc) is 3.43. The molecular formula is C26H17Cl5FN3O2. The normalized spacial score (nSPS) is 17.6. The summed E-state index contributed by atoms with van der Waals surface area (Å²) >= 11 is 31.2. The number of hydrogen-bond donors (Lipinski definition) is 1. The van der Waals surface area contributed by atoms with E-state index in [4.69, 9.17) is 63.3 Å². The second kappa shape index (κ2) is 10.7. The van der Waals surface area contributed by atoms with Crippen molar-refractivity contribution in [3.8, 4) is 6.07 Å². The molecule has 1 saturated carbocycles. The molecule has 1 fully saturated rings. The fourth-order valence-electron chi connectivity index (χ4n) is 4.13. The number of carbonyl (C=O) groups excluding carboxylic acids is 2. The molecule has 2 unspecified atom stereocenters. The molecule has 0 heterocycles. The second-order valence-electron chi connectivity index (χ2n) is 8.49. The first-order chi connectivity index (χ1) is 17.4. The summed E-state index contributed by atoms with van der Waals surface area (Å²) in [6.07, 6.45) is 0. The number of carbonyl (C=O) groups is 2. The number of rotatable bonds is 7. The van der Waals surface area contributed by atoms with Crippen LogP contribution in [0.3, 0.4) is 0 Å². The maximum absolute atomic E-state index is 14.4. The Hall–Kier alpha value is -2.53. The van der Waals surface area contributed by atoms with Gasteiger partial charge in [0.25, 0.3) is 5.91 Å². The molecule has 4 rings (SSSR count). The van der Waals surface area contributed by atoms with Crippen molar-refractivity contribution in [1.82, 2.24) is 0 Å². The lowest BCUT2D eigenvalue weighted by Gasteiger charge is -2.19. The van der Waals surface area contributed by atoms with Gasteiger partial charge < -0.3 is 10.2 Å². The molecule has 0 radical (unpaired) electrons. The van der Waals surface area contributed by atoms with Gasteiger partial charge in [-0.25, -0.2) is 4.39 Å². The summed E-state index contributed by atoms with van der Waals surface area (Å²) < 4.78 is 13.1. The molecule has 0 spiro atoms. The van der Waals surface area contributed by atoms with Crippen LogP contribution in [0, 0.1) is 23.1 Å². The van der Waals surface area contributed by atoms with Crippen LogP contribution >= 0.6 is 58.0 Å². The molecule has 1 aliphatic carbocycles. The van der Waals surface area contributed by atoms with Gasteiger partial charge in [-0.15, -0.1) is 23.2 Å². The van der Waals surface area contributed by atoms with Crippen molar-refractivity contribution in [2.24, 2.45) is 5.92 Å². The van der Waals surface area contributed by atoms with E-state index in [-0.39, 0.29) is 34.2 Å². The van der Waals surface area contributed by atoms with Crippen LogP contribution in [0.2, 0.25) is 15.1 Å². The van der Waals surface area contributed by atoms with E-state index in [2.05, 4.69) is 5.32 Å². The maximum atomic E-state index is 14.4. The van der Waals surface area contributed by atoms with Crippen molar-refractivity contribution < 1.29 is 14.0 Å². The van der Waals surface area contributed by atoms with Crippen molar-refractivity contribution in [3.63, 3.8) is 0 Å². The summed E-state index contributed by atoms with van der Waals surface area (Å²) in [5.41, 5.74) is 1.30. The highest BCUT2D eigenvalue weighted by atomic mass is 35.5. The number of benzene rings is 3. The summed E-state index contributed by atoms with van der Waals surface area (Å²) in [7, 11) is 1.39. The SMILES string of the molecule is CN(C(=O)c1cc(NCC(=O)C2C(c3cc(Cl)cc(Cl)c3)C2(Cl)Cl)ccc1Cl)c1ccc(C#N)cc1F. The summed E-state index contributed by atoms with van der Waals surface area (Å²) in [5, 5.41) is 12.9. The molecule has 1 aliphatic rings. The number of nitriles is 1. The van der Waals surface area contributed by atoms with E-state index in [1.165, 1.54) is 31.3 Å². The number of nitrogens with zero attached hydrogens (tertiary/aromatic N) is 2. The monoisotopic (exact) mass is 597 g/mol. The van der Waals surface area contributed by atoms with Crippen LogP contribution in [0.15, 0.2) is 54.6 Å². The lowest BCUT2D eigenvalue weighted by atomic mass is 10.1. The van der Waals surface area contributed by atoms with Crippen molar-refractivity contribution in [1.29, 1.82) is 5.26 Å². The Labute approximate surface area is 237 Å². The minimum absolute atomic E-state index is 0.0185. The van der Waals surface area contributed by atoms with Gasteiger partial charge in [0, 0.05) is 28.7 Å². The van der Waals surface area contributed by atoms with Crippen LogP contribution in [-0.4, -0.2) is 29.6 Å². The van der Waals surface area contributed by atoms with Gasteiger partial charge in [-0.1, -0.05) is 34.8 Å². The molecule has 190 valence electrons. The molecule has 0 aromatic heterocycles. The van der Waals surface area contributed by atoms with Crippen LogP contribution in [0.1, 0.15) is 27.4 Å². The van der Waals surface area contributed by atoms with E-state index in [1.54, 1.807) is 24.3 Å². The van der Waals surface area contributed by atoms with Crippen molar-refractivity contribution in [3.05, 3.63) is 92.2 Å². The zero-order valence-electron chi connectivity index (χ0n) is 19.0. The summed E-state index contributed by atoms with van der Waals surface area (Å²) in [4.78, 5) is 27.1. The van der Waals surface area contributed by atoms with E-state index in [1.807, 2.05) is 6.07 Å². The van der Waals surface area contributed by atoms with Gasteiger partial charge in [-0.3, -0.25) is 9.59 Å². The molecule has 0 saturated heterocycles. The van der Waals surface area contributed by atoms with E-state index >= 15 is 0 Å². The minimum Gasteiger partial charge on any atom is -0.378 e. The number of halogens is 6. The van der Waals surface area contributed by atoms with Crippen LogP contribution in [-0.2, 0) is 4.79 Å². The first kappa shape index (κ1) is 27.5. The predicted molar refractivity (Wildman–Crippen MR) is 146 cm³/mol. The highest BCUT2D eigenvalue weighted by Gasteiger charge is 2.67. The first-order valence-electron chi connectivity index (χ1n) is 10.8. The van der Waals surface area contributed by atoms with Crippen molar-refractivity contribution in [2.45, 2.75) is 10.3 Å². The molecule has 1 N–H and O–H groups in total. The van der Waals surface area contributed by atoms with Crippen LogP contribution in [0.4, 0.5) is 15.8 Å². The van der Waals surface area contributed by atoms with Gasteiger partial charge >= 0.3 is 0 Å². The van der Waals surface area contributed by atoms with Gasteiger partial charge in [0.05, 0.1) is 40.4 Å². The van der Waals surface area contributed by atoms with Crippen molar-refractivity contribution >= 4 is 81.1 Å². The Balaban J connectivity index is 1.47. The standard InChI is InChI=1S/C26H17Cl5FN3O2/c1-35(21-5-2-13(11-33)6-20(21)32)25(37)18-10-17(3-4-19(18)29)34-12-22(36)24-23(26(24,30)31)14-7-15(27)9-16(28)8-14/h2-10,23-24,34H,12H2,1H3. The number of nitrogens with one attached hydrogen (secondary N) is 1. The zero-order chi connectivity index (χ0) is 27.1. The van der Waals surface area contributed by atoms with Gasteiger partial charge in [0.1, 0.15) is 10.2 Å². The zero-order valence-corrected chi connectivity index (χ0v) is 22.8. The molecule has 0 aliphatic heterocycles. The molecule has 3 aromatic rings. The Morgan fingerprint density at radius 2 is 1.73 bits per heavy atom. The number of amides is 1. The molecule has 0 bridgehead atoms. The third kappa shape index (κ3) is 5.67. The van der Waals surface area contributed by atoms with Gasteiger partial charge in [-0.2, -0.15) is 5.26 Å². The molecule has 1 amide bonds. The highest BCUT2D eigenvalue weighted by molar-refractivity contribution is 6.53. The fraction of sp³-hybridized carbons (Fsp3) is 0.192. The topological polar surface area (TPSA) is 73.2 Å². The van der Waals surface area contributed by atoms with Crippen LogP contribution in [0.5, 0.6) is 0 Å². The van der Waals surface area contributed by atoms with Crippen LogP contribution < -0.4 is 10.2 Å². The molecule has 11 heteroatoms. The van der Waals surface area contributed by atoms with Crippen molar-refractivity contribution in [2.75, 3.05) is 23.8 Å². The first-order valence-corrected chi connectivity index (χ1v) is 12.7. The smallest absolute Gasteiger partial charge is 0.259 e. The number of hydrogen-bond acceptors (Lipinski definition) is 4. The van der Waals surface area contributed by atoms with Gasteiger partial charge in [0.15, 0.2) is 5.78 Å². The molecule has 3 aromatic carbocycles. The van der Waals surface area contributed by atoms with Gasteiger partial charge in [0.2, 0.25) is 0 Å². The van der Waals surface area contributed by atoms with E-state index in [9.17, 15) is 14.0 Å². The number of Topliss-reactive ketones (excluding diaryl/α,β-unsaturated/α-hetero) is 1. The molecule has 37 heavy (non-hydrogen) atoms. The molecular weight excluding hydrogens is 583 g/mol. The lowest BCUT2D eigenvalue weighted by molar-refractivity contribution is -0.118. The third-order valence-corrected chi connectivity index (χ3v) is 7.76.